The van der Waals surface area contributed by atoms with Gasteiger partial charge in [0.2, 0.25) is 5.91 Å². The first-order chi connectivity index (χ1) is 8.45. The molecule has 2 N–H and O–H groups in total. The van der Waals surface area contributed by atoms with E-state index in [0.29, 0.717) is 0 Å². The van der Waals surface area contributed by atoms with Gasteiger partial charge in [-0.2, -0.15) is 5.10 Å². The van der Waals surface area contributed by atoms with Crippen LogP contribution in [0.5, 0.6) is 0 Å². The first kappa shape index (κ1) is 13.7. The van der Waals surface area contributed by atoms with Crippen LogP contribution < -0.4 is 5.32 Å². The molecule has 0 aromatic carbocycles. The molecule has 1 heterocycles. The van der Waals surface area contributed by atoms with Gasteiger partial charge in [-0.3, -0.25) is 9.59 Å². The van der Waals surface area contributed by atoms with Crippen LogP contribution in [0.3, 0.4) is 0 Å². The minimum atomic E-state index is -1.21. The molecule has 1 rings (SSSR count). The molecule has 0 saturated carbocycles. The predicted molar refractivity (Wildman–Crippen MR) is 62.5 cm³/mol. The van der Waals surface area contributed by atoms with Gasteiger partial charge >= 0.3 is 5.97 Å². The molecule has 0 bridgehead atoms. The van der Waals surface area contributed by atoms with Gasteiger partial charge in [0.1, 0.15) is 11.8 Å². The summed E-state index contributed by atoms with van der Waals surface area (Å²) < 4.78 is 0. The second-order valence-corrected chi connectivity index (χ2v) is 3.74. The Morgan fingerprint density at radius 1 is 1.61 bits per heavy atom. The Morgan fingerprint density at radius 2 is 2.28 bits per heavy atom. The minimum absolute atomic E-state index is 0.108. The van der Waals surface area contributed by atoms with Crippen LogP contribution in [-0.4, -0.2) is 46.7 Å². The average Bonchev–Trinajstić information content (AvgIpc) is 2.31. The van der Waals surface area contributed by atoms with Crippen molar-refractivity contribution in [1.82, 2.24) is 10.3 Å². The molecule has 7 heteroatoms. The number of rotatable bonds is 4. The summed E-state index contributed by atoms with van der Waals surface area (Å²) >= 11 is 0. The van der Waals surface area contributed by atoms with Crippen LogP contribution in [-0.2, 0) is 14.4 Å². The zero-order valence-corrected chi connectivity index (χ0v) is 9.84. The molecule has 0 aliphatic carbocycles. The summed E-state index contributed by atoms with van der Waals surface area (Å²) in [4.78, 5) is 33.7. The highest BCUT2D eigenvalue weighted by Crippen LogP contribution is 2.07. The first-order valence-electron chi connectivity index (χ1n) is 5.27. The Bertz CT molecular complexity index is 450. The Labute approximate surface area is 104 Å². The zero-order valence-electron chi connectivity index (χ0n) is 9.84. The summed E-state index contributed by atoms with van der Waals surface area (Å²) in [5, 5.41) is 15.9. The number of aliphatic carboxylic acids is 1. The van der Waals surface area contributed by atoms with Gasteiger partial charge in [-0.15, -0.1) is 12.3 Å². The molecular formula is C11H13N3O4. The van der Waals surface area contributed by atoms with Crippen molar-refractivity contribution >= 4 is 23.5 Å². The number of carboxylic acid groups (broad SMARTS) is 1. The topological polar surface area (TPSA) is 99.1 Å². The number of hydrogen-bond acceptors (Lipinski definition) is 4. The van der Waals surface area contributed by atoms with Crippen LogP contribution >= 0.6 is 0 Å². The van der Waals surface area contributed by atoms with E-state index < -0.39 is 17.9 Å². The smallest absolute Gasteiger partial charge is 0.327 e. The number of carbonyl (C=O) groups is 3. The fourth-order valence-electron chi connectivity index (χ4n) is 1.39. The molecule has 18 heavy (non-hydrogen) atoms. The van der Waals surface area contributed by atoms with Crippen LogP contribution in [0.15, 0.2) is 5.10 Å². The van der Waals surface area contributed by atoms with Gasteiger partial charge in [0.25, 0.3) is 5.91 Å². The first-order valence-corrected chi connectivity index (χ1v) is 5.27. The SMILES string of the molecule is C#CCC(NC(=O)C1=NN(C)C(=O)CC1)C(=O)O. The largest absolute Gasteiger partial charge is 0.480 e. The Hall–Kier alpha value is -2.36. The third kappa shape index (κ3) is 3.31. The maximum absolute atomic E-state index is 11.7. The van der Waals surface area contributed by atoms with Gasteiger partial charge in [-0.1, -0.05) is 0 Å². The van der Waals surface area contributed by atoms with Crippen molar-refractivity contribution < 1.29 is 19.5 Å². The highest BCUT2D eigenvalue weighted by Gasteiger charge is 2.25. The lowest BCUT2D eigenvalue weighted by Gasteiger charge is -2.20. The Kier molecular flexibility index (Phi) is 4.43. The second-order valence-electron chi connectivity index (χ2n) is 3.74. The molecule has 0 aromatic rings. The van der Waals surface area contributed by atoms with E-state index in [0.717, 1.165) is 5.01 Å². The van der Waals surface area contributed by atoms with E-state index in [9.17, 15) is 14.4 Å². The molecule has 96 valence electrons. The summed E-state index contributed by atoms with van der Waals surface area (Å²) in [5.74, 6) is 0.163. The Morgan fingerprint density at radius 3 is 2.78 bits per heavy atom. The predicted octanol–water partition coefficient (Wildman–Crippen LogP) is -0.813. The van der Waals surface area contributed by atoms with E-state index >= 15 is 0 Å². The number of terminal acetylenes is 1. The normalized spacial score (nSPS) is 16.6. The molecule has 0 fully saturated rings. The van der Waals surface area contributed by atoms with E-state index in [1.54, 1.807) is 0 Å². The molecular weight excluding hydrogens is 238 g/mol. The van der Waals surface area contributed by atoms with Crippen molar-refractivity contribution in [2.45, 2.75) is 25.3 Å². The number of hydrazone groups is 1. The summed E-state index contributed by atoms with van der Waals surface area (Å²) in [6.45, 7) is 0. The maximum Gasteiger partial charge on any atom is 0.327 e. The molecule has 0 aromatic heterocycles. The number of amides is 2. The van der Waals surface area contributed by atoms with E-state index in [1.807, 2.05) is 0 Å². The summed E-state index contributed by atoms with van der Waals surface area (Å²) in [6.07, 6.45) is 5.27. The van der Waals surface area contributed by atoms with E-state index in [1.165, 1.54) is 7.05 Å². The molecule has 1 aliphatic rings. The Balaban J connectivity index is 2.71. The van der Waals surface area contributed by atoms with Gasteiger partial charge < -0.3 is 10.4 Å². The summed E-state index contributed by atoms with van der Waals surface area (Å²) in [5.41, 5.74) is 0.125. The molecule has 0 spiro atoms. The van der Waals surface area contributed by atoms with Crippen molar-refractivity contribution in [2.24, 2.45) is 5.10 Å². The van der Waals surface area contributed by atoms with Gasteiger partial charge in [0, 0.05) is 26.3 Å². The van der Waals surface area contributed by atoms with E-state index in [4.69, 9.17) is 11.5 Å². The number of nitrogens with one attached hydrogen (secondary N) is 1. The quantitative estimate of drug-likeness (QED) is 0.638. The van der Waals surface area contributed by atoms with Gasteiger partial charge in [-0.25, -0.2) is 9.80 Å². The molecule has 0 saturated heterocycles. The van der Waals surface area contributed by atoms with Gasteiger partial charge in [0.15, 0.2) is 0 Å². The van der Waals surface area contributed by atoms with Crippen LogP contribution in [0.25, 0.3) is 0 Å². The zero-order chi connectivity index (χ0) is 13.7. The van der Waals surface area contributed by atoms with E-state index in [-0.39, 0.29) is 30.9 Å². The fraction of sp³-hybridized carbons (Fsp3) is 0.455. The van der Waals surface area contributed by atoms with Crippen molar-refractivity contribution in [3.8, 4) is 12.3 Å². The van der Waals surface area contributed by atoms with Crippen LogP contribution in [0, 0.1) is 12.3 Å². The van der Waals surface area contributed by atoms with Crippen molar-refractivity contribution in [3.05, 3.63) is 0 Å². The third-order valence-corrected chi connectivity index (χ3v) is 2.39. The lowest BCUT2D eigenvalue weighted by atomic mass is 10.1. The number of carbonyl (C=O) groups excluding carboxylic acids is 2. The highest BCUT2D eigenvalue weighted by atomic mass is 16.4. The third-order valence-electron chi connectivity index (χ3n) is 2.39. The van der Waals surface area contributed by atoms with Crippen LogP contribution in [0.2, 0.25) is 0 Å². The minimum Gasteiger partial charge on any atom is -0.480 e. The fourth-order valence-corrected chi connectivity index (χ4v) is 1.39. The average molecular weight is 251 g/mol. The van der Waals surface area contributed by atoms with Crippen molar-refractivity contribution in [2.75, 3.05) is 7.05 Å². The molecule has 0 radical (unpaired) electrons. The maximum atomic E-state index is 11.7. The van der Waals surface area contributed by atoms with Crippen LogP contribution in [0.1, 0.15) is 19.3 Å². The summed E-state index contributed by atoms with van der Waals surface area (Å²) in [6, 6.07) is -1.15. The highest BCUT2D eigenvalue weighted by molar-refractivity contribution is 6.39. The van der Waals surface area contributed by atoms with Gasteiger partial charge in [0.05, 0.1) is 0 Å². The molecule has 2 amide bonds. The lowest BCUT2D eigenvalue weighted by molar-refractivity contribution is -0.141. The second kappa shape index (κ2) is 5.82. The van der Waals surface area contributed by atoms with Crippen molar-refractivity contribution in [1.29, 1.82) is 0 Å². The molecule has 7 nitrogen and oxygen atoms in total. The van der Waals surface area contributed by atoms with Crippen LogP contribution in [0.4, 0.5) is 0 Å². The number of carboxylic acids is 1. The van der Waals surface area contributed by atoms with Crippen molar-refractivity contribution in [3.63, 3.8) is 0 Å². The van der Waals surface area contributed by atoms with Gasteiger partial charge in [-0.05, 0) is 0 Å². The molecule has 1 atom stereocenters. The number of hydrogen-bond donors (Lipinski definition) is 2. The van der Waals surface area contributed by atoms with E-state index in [2.05, 4.69) is 16.3 Å². The number of nitrogens with zero attached hydrogens (tertiary/aromatic N) is 2. The summed E-state index contributed by atoms with van der Waals surface area (Å²) in [7, 11) is 1.44. The molecule has 1 aliphatic heterocycles. The monoisotopic (exact) mass is 251 g/mol. The lowest BCUT2D eigenvalue weighted by Crippen LogP contribution is -2.45. The molecule has 1 unspecified atom stereocenters. The standard InChI is InChI=1S/C11H13N3O4/c1-3-4-8(11(17)18)12-10(16)7-5-6-9(15)14(2)13-7/h1,8H,4-6H2,2H3,(H,12,16)(H,17,18).